The van der Waals surface area contributed by atoms with Gasteiger partial charge in [0.2, 0.25) is 0 Å². The van der Waals surface area contributed by atoms with Gasteiger partial charge in [0, 0.05) is 30.7 Å². The van der Waals surface area contributed by atoms with Crippen LogP contribution in [0.25, 0.3) is 11.5 Å². The fraction of sp³-hybridized carbons (Fsp3) is 0.294. The van der Waals surface area contributed by atoms with Crippen LogP contribution in [-0.2, 0) is 6.54 Å². The van der Waals surface area contributed by atoms with Gasteiger partial charge in [-0.25, -0.2) is 0 Å². The predicted molar refractivity (Wildman–Crippen MR) is 86.7 cm³/mol. The lowest BCUT2D eigenvalue weighted by molar-refractivity contribution is 0.302. The van der Waals surface area contributed by atoms with E-state index in [1.165, 1.54) is 4.57 Å². The SMILES string of the molecule is O=c1c(=O)n(C2CCC2)ccn1Cc1cc(-c2ccccn2)on1. The largest absolute Gasteiger partial charge is 0.354 e. The van der Waals surface area contributed by atoms with Crippen molar-refractivity contribution in [2.45, 2.75) is 31.8 Å². The quantitative estimate of drug-likeness (QED) is 0.684. The molecule has 7 heteroatoms. The summed E-state index contributed by atoms with van der Waals surface area (Å²) in [4.78, 5) is 28.7. The highest BCUT2D eigenvalue weighted by Gasteiger charge is 2.21. The number of hydrogen-bond donors (Lipinski definition) is 0. The summed E-state index contributed by atoms with van der Waals surface area (Å²) in [5, 5.41) is 3.96. The van der Waals surface area contributed by atoms with Gasteiger partial charge in [-0.15, -0.1) is 0 Å². The van der Waals surface area contributed by atoms with Crippen LogP contribution in [0.2, 0.25) is 0 Å². The van der Waals surface area contributed by atoms with Crippen molar-refractivity contribution in [2.75, 3.05) is 0 Å². The topological polar surface area (TPSA) is 82.9 Å². The third-order valence-corrected chi connectivity index (χ3v) is 4.36. The number of rotatable bonds is 4. The van der Waals surface area contributed by atoms with Crippen LogP contribution in [0, 0.1) is 0 Å². The molecule has 0 aromatic carbocycles. The van der Waals surface area contributed by atoms with Gasteiger partial charge >= 0.3 is 11.1 Å². The zero-order valence-corrected chi connectivity index (χ0v) is 13.0. The van der Waals surface area contributed by atoms with Crippen LogP contribution in [0.15, 0.2) is 57.0 Å². The van der Waals surface area contributed by atoms with E-state index in [0.717, 1.165) is 19.3 Å². The van der Waals surface area contributed by atoms with Crippen LogP contribution >= 0.6 is 0 Å². The molecule has 0 spiro atoms. The molecule has 0 unspecified atom stereocenters. The van der Waals surface area contributed by atoms with E-state index in [4.69, 9.17) is 4.52 Å². The van der Waals surface area contributed by atoms with Crippen molar-refractivity contribution in [1.29, 1.82) is 0 Å². The Bertz CT molecular complexity index is 967. The van der Waals surface area contributed by atoms with E-state index in [1.807, 2.05) is 18.2 Å². The number of pyridine rings is 1. The van der Waals surface area contributed by atoms with Gasteiger partial charge in [-0.3, -0.25) is 14.6 Å². The van der Waals surface area contributed by atoms with Crippen LogP contribution in [0.4, 0.5) is 0 Å². The molecule has 0 amide bonds. The van der Waals surface area contributed by atoms with Crippen molar-refractivity contribution in [2.24, 2.45) is 0 Å². The molecule has 3 aromatic rings. The maximum absolute atomic E-state index is 12.3. The van der Waals surface area contributed by atoms with Gasteiger partial charge < -0.3 is 13.7 Å². The van der Waals surface area contributed by atoms with Crippen molar-refractivity contribution in [1.82, 2.24) is 19.3 Å². The lowest BCUT2D eigenvalue weighted by atomic mass is 9.93. The molecule has 0 N–H and O–H groups in total. The van der Waals surface area contributed by atoms with Crippen LogP contribution in [0.3, 0.4) is 0 Å². The molecule has 4 rings (SSSR count). The molecule has 0 atom stereocenters. The second kappa shape index (κ2) is 5.92. The van der Waals surface area contributed by atoms with Gasteiger partial charge in [0.1, 0.15) is 11.4 Å². The van der Waals surface area contributed by atoms with E-state index in [0.29, 0.717) is 17.1 Å². The summed E-state index contributed by atoms with van der Waals surface area (Å²) < 4.78 is 8.18. The molecular weight excluding hydrogens is 308 g/mol. The molecule has 0 bridgehead atoms. The highest BCUT2D eigenvalue weighted by Crippen LogP contribution is 2.29. The smallest absolute Gasteiger partial charge is 0.316 e. The Morgan fingerprint density at radius 1 is 1.17 bits per heavy atom. The molecule has 0 radical (unpaired) electrons. The standard InChI is InChI=1S/C17H16N4O3/c22-16-17(23)21(13-4-3-5-13)9-8-20(16)11-12-10-15(24-19-12)14-6-1-2-7-18-14/h1-2,6-10,13H,3-5,11H2. The summed E-state index contributed by atoms with van der Waals surface area (Å²) >= 11 is 0. The fourth-order valence-corrected chi connectivity index (χ4v) is 2.79. The molecule has 3 aromatic heterocycles. The Morgan fingerprint density at radius 2 is 2.04 bits per heavy atom. The summed E-state index contributed by atoms with van der Waals surface area (Å²) in [7, 11) is 0. The van der Waals surface area contributed by atoms with Gasteiger partial charge in [-0.2, -0.15) is 0 Å². The van der Waals surface area contributed by atoms with Crippen LogP contribution in [0.1, 0.15) is 31.0 Å². The Kier molecular flexibility index (Phi) is 3.60. The molecule has 0 aliphatic heterocycles. The highest BCUT2D eigenvalue weighted by molar-refractivity contribution is 5.51. The van der Waals surface area contributed by atoms with Gasteiger partial charge in [0.15, 0.2) is 5.76 Å². The number of aromatic nitrogens is 4. The number of hydrogen-bond acceptors (Lipinski definition) is 5. The molecule has 122 valence electrons. The van der Waals surface area contributed by atoms with Gasteiger partial charge in [-0.1, -0.05) is 11.2 Å². The minimum Gasteiger partial charge on any atom is -0.354 e. The Morgan fingerprint density at radius 3 is 2.75 bits per heavy atom. The third-order valence-electron chi connectivity index (χ3n) is 4.36. The van der Waals surface area contributed by atoms with Crippen LogP contribution in [0.5, 0.6) is 0 Å². The zero-order chi connectivity index (χ0) is 16.5. The van der Waals surface area contributed by atoms with E-state index in [1.54, 1.807) is 29.2 Å². The van der Waals surface area contributed by atoms with E-state index >= 15 is 0 Å². The minimum absolute atomic E-state index is 0.169. The molecule has 0 saturated heterocycles. The van der Waals surface area contributed by atoms with Gasteiger partial charge in [-0.05, 0) is 31.4 Å². The monoisotopic (exact) mass is 324 g/mol. The normalized spacial score (nSPS) is 14.5. The maximum atomic E-state index is 12.3. The fourth-order valence-electron chi connectivity index (χ4n) is 2.79. The average molecular weight is 324 g/mol. The average Bonchev–Trinajstić information content (AvgIpc) is 3.02. The van der Waals surface area contributed by atoms with Gasteiger partial charge in [0.05, 0.1) is 6.54 Å². The lowest BCUT2D eigenvalue weighted by Crippen LogP contribution is -2.43. The van der Waals surface area contributed by atoms with E-state index < -0.39 is 11.1 Å². The molecule has 7 nitrogen and oxygen atoms in total. The molecule has 24 heavy (non-hydrogen) atoms. The van der Waals surface area contributed by atoms with Crippen molar-refractivity contribution >= 4 is 0 Å². The second-order valence-corrected chi connectivity index (χ2v) is 5.93. The molecule has 3 heterocycles. The lowest BCUT2D eigenvalue weighted by Gasteiger charge is -2.27. The summed E-state index contributed by atoms with van der Waals surface area (Å²) in [6.07, 6.45) is 8.02. The maximum Gasteiger partial charge on any atom is 0.316 e. The minimum atomic E-state index is -0.535. The van der Waals surface area contributed by atoms with Crippen molar-refractivity contribution in [3.63, 3.8) is 0 Å². The van der Waals surface area contributed by atoms with Gasteiger partial charge in [0.25, 0.3) is 0 Å². The van der Waals surface area contributed by atoms with E-state index in [9.17, 15) is 9.59 Å². The summed E-state index contributed by atoms with van der Waals surface area (Å²) in [6, 6.07) is 7.39. The Hall–Kier alpha value is -2.96. The first-order valence-electron chi connectivity index (χ1n) is 7.91. The highest BCUT2D eigenvalue weighted by atomic mass is 16.5. The summed E-state index contributed by atoms with van der Waals surface area (Å²) in [6.45, 7) is 0.190. The Balaban J connectivity index is 1.60. The van der Waals surface area contributed by atoms with Crippen molar-refractivity contribution in [3.8, 4) is 11.5 Å². The molecule has 1 saturated carbocycles. The zero-order valence-electron chi connectivity index (χ0n) is 13.0. The molecular formula is C17H16N4O3. The second-order valence-electron chi connectivity index (χ2n) is 5.93. The number of nitrogens with zero attached hydrogens (tertiary/aromatic N) is 4. The first kappa shape index (κ1) is 14.6. The van der Waals surface area contributed by atoms with Crippen molar-refractivity contribution in [3.05, 3.63) is 69.3 Å². The van der Waals surface area contributed by atoms with Crippen molar-refractivity contribution < 1.29 is 4.52 Å². The third kappa shape index (κ3) is 2.58. The van der Waals surface area contributed by atoms with E-state index in [-0.39, 0.29) is 12.6 Å². The predicted octanol–water partition coefficient (Wildman–Crippen LogP) is 1.83. The molecule has 1 aliphatic carbocycles. The summed E-state index contributed by atoms with van der Waals surface area (Å²) in [5.74, 6) is 0.529. The molecule has 1 aliphatic rings. The molecule has 1 fully saturated rings. The summed E-state index contributed by atoms with van der Waals surface area (Å²) in [5.41, 5.74) is 0.227. The van der Waals surface area contributed by atoms with E-state index in [2.05, 4.69) is 10.1 Å². The van der Waals surface area contributed by atoms with Crippen LogP contribution in [-0.4, -0.2) is 19.3 Å². The van der Waals surface area contributed by atoms with Crippen LogP contribution < -0.4 is 11.1 Å². The first-order chi connectivity index (χ1) is 11.7. The first-order valence-corrected chi connectivity index (χ1v) is 7.91. The Labute approximate surface area is 137 Å².